The number of thiazole rings is 1. The summed E-state index contributed by atoms with van der Waals surface area (Å²) >= 11 is 1.59. The molecular weight excluding hydrogens is 390 g/mol. The Bertz CT molecular complexity index is 1190. The third-order valence-electron chi connectivity index (χ3n) is 6.47. The van der Waals surface area contributed by atoms with E-state index in [0.717, 1.165) is 22.3 Å². The van der Waals surface area contributed by atoms with Crippen LogP contribution in [0.15, 0.2) is 54.0 Å². The standard InChI is InChI=1S/C25H27N3OS/c1-27-21(13-19-9-5-6-10-23(19)27)16-28(15-18-7-3-2-4-8-18)25(29)20-11-12-22-24(14-20)30-17-26-22/h5-6,9-14,17-18H,2-4,7-8,15-16H2,1H3. The maximum absolute atomic E-state index is 13.6. The Morgan fingerprint density at radius 3 is 2.80 bits per heavy atom. The first-order valence-electron chi connectivity index (χ1n) is 10.8. The third-order valence-corrected chi connectivity index (χ3v) is 7.26. The molecule has 0 aliphatic heterocycles. The van der Waals surface area contributed by atoms with Crippen LogP contribution in [0.1, 0.15) is 48.2 Å². The van der Waals surface area contributed by atoms with E-state index < -0.39 is 0 Å². The fourth-order valence-corrected chi connectivity index (χ4v) is 5.48. The Morgan fingerprint density at radius 2 is 1.97 bits per heavy atom. The number of hydrogen-bond acceptors (Lipinski definition) is 3. The highest BCUT2D eigenvalue weighted by Gasteiger charge is 2.23. The van der Waals surface area contributed by atoms with Crippen molar-refractivity contribution in [2.24, 2.45) is 13.0 Å². The van der Waals surface area contributed by atoms with E-state index >= 15 is 0 Å². The first-order valence-corrected chi connectivity index (χ1v) is 11.7. The highest BCUT2D eigenvalue weighted by Crippen LogP contribution is 2.27. The van der Waals surface area contributed by atoms with Gasteiger partial charge in [0.05, 0.1) is 22.3 Å². The molecular formula is C25H27N3OS. The molecule has 4 nitrogen and oxygen atoms in total. The zero-order valence-corrected chi connectivity index (χ0v) is 18.2. The number of amides is 1. The molecule has 0 N–H and O–H groups in total. The lowest BCUT2D eigenvalue weighted by Crippen LogP contribution is -2.36. The van der Waals surface area contributed by atoms with Crippen molar-refractivity contribution in [3.63, 3.8) is 0 Å². The summed E-state index contributed by atoms with van der Waals surface area (Å²) in [5.41, 5.74) is 5.96. The quantitative estimate of drug-likeness (QED) is 0.399. The Balaban J connectivity index is 1.46. The van der Waals surface area contributed by atoms with Gasteiger partial charge in [0.1, 0.15) is 0 Å². The summed E-state index contributed by atoms with van der Waals surface area (Å²) in [5, 5.41) is 1.23. The van der Waals surface area contributed by atoms with Crippen LogP contribution in [0.3, 0.4) is 0 Å². The van der Waals surface area contributed by atoms with Crippen LogP contribution in [-0.4, -0.2) is 26.9 Å². The second kappa shape index (κ2) is 8.23. The zero-order valence-electron chi connectivity index (χ0n) is 17.4. The number of carbonyl (C=O) groups excluding carboxylic acids is 1. The minimum Gasteiger partial charge on any atom is -0.346 e. The summed E-state index contributed by atoms with van der Waals surface area (Å²) in [7, 11) is 2.10. The molecule has 1 amide bonds. The summed E-state index contributed by atoms with van der Waals surface area (Å²) in [6.07, 6.45) is 6.36. The number of aromatic nitrogens is 2. The van der Waals surface area contributed by atoms with Crippen LogP contribution < -0.4 is 0 Å². The second-order valence-corrected chi connectivity index (χ2v) is 9.36. The molecule has 1 aliphatic carbocycles. The van der Waals surface area contributed by atoms with Crippen LogP contribution in [0.25, 0.3) is 21.1 Å². The molecule has 1 aliphatic rings. The minimum absolute atomic E-state index is 0.126. The normalized spacial score (nSPS) is 15.1. The molecule has 30 heavy (non-hydrogen) atoms. The lowest BCUT2D eigenvalue weighted by Gasteiger charge is -2.30. The summed E-state index contributed by atoms with van der Waals surface area (Å²) in [5.74, 6) is 0.727. The van der Waals surface area contributed by atoms with E-state index in [1.54, 1.807) is 11.3 Å². The molecule has 2 aromatic carbocycles. The highest BCUT2D eigenvalue weighted by atomic mass is 32.1. The van der Waals surface area contributed by atoms with Crippen molar-refractivity contribution in [1.82, 2.24) is 14.5 Å². The molecule has 4 aromatic rings. The Kier molecular flexibility index (Phi) is 5.30. The lowest BCUT2D eigenvalue weighted by molar-refractivity contribution is 0.0695. The van der Waals surface area contributed by atoms with E-state index in [2.05, 4.69) is 51.8 Å². The molecule has 5 rings (SSSR count). The summed E-state index contributed by atoms with van der Waals surface area (Å²) < 4.78 is 3.30. The van der Waals surface area contributed by atoms with Gasteiger partial charge in [0.2, 0.25) is 0 Å². The highest BCUT2D eigenvalue weighted by molar-refractivity contribution is 7.16. The molecule has 2 heterocycles. The van der Waals surface area contributed by atoms with Gasteiger partial charge in [-0.2, -0.15) is 0 Å². The largest absolute Gasteiger partial charge is 0.346 e. The van der Waals surface area contributed by atoms with Crippen LogP contribution in [-0.2, 0) is 13.6 Å². The van der Waals surface area contributed by atoms with Crippen molar-refractivity contribution < 1.29 is 4.79 Å². The van der Waals surface area contributed by atoms with Gasteiger partial charge in [-0.3, -0.25) is 4.79 Å². The minimum atomic E-state index is 0.126. The number of para-hydroxylation sites is 1. The summed E-state index contributed by atoms with van der Waals surface area (Å²) in [6, 6.07) is 16.6. The Hall–Kier alpha value is -2.66. The van der Waals surface area contributed by atoms with Crippen LogP contribution in [0.5, 0.6) is 0 Å². The molecule has 0 unspecified atom stereocenters. The smallest absolute Gasteiger partial charge is 0.254 e. The number of hydrogen-bond donors (Lipinski definition) is 0. The van der Waals surface area contributed by atoms with E-state index in [-0.39, 0.29) is 5.91 Å². The van der Waals surface area contributed by atoms with Crippen LogP contribution in [0, 0.1) is 5.92 Å². The second-order valence-electron chi connectivity index (χ2n) is 8.48. The predicted molar refractivity (Wildman–Crippen MR) is 124 cm³/mol. The van der Waals surface area contributed by atoms with Crippen molar-refractivity contribution in [3.8, 4) is 0 Å². The molecule has 0 saturated heterocycles. The van der Waals surface area contributed by atoms with Crippen LogP contribution in [0.4, 0.5) is 0 Å². The van der Waals surface area contributed by atoms with Crippen LogP contribution >= 0.6 is 11.3 Å². The van der Waals surface area contributed by atoms with Gasteiger partial charge < -0.3 is 9.47 Å². The number of fused-ring (bicyclic) bond motifs is 2. The van der Waals surface area contributed by atoms with E-state index in [1.807, 2.05) is 23.7 Å². The van der Waals surface area contributed by atoms with Crippen molar-refractivity contribution >= 4 is 38.4 Å². The van der Waals surface area contributed by atoms with Gasteiger partial charge in [-0.15, -0.1) is 11.3 Å². The molecule has 0 bridgehead atoms. The maximum Gasteiger partial charge on any atom is 0.254 e. The molecule has 5 heteroatoms. The predicted octanol–water partition coefficient (Wildman–Crippen LogP) is 6.01. The monoisotopic (exact) mass is 417 g/mol. The molecule has 0 radical (unpaired) electrons. The fraction of sp³-hybridized carbons (Fsp3) is 0.360. The lowest BCUT2D eigenvalue weighted by atomic mass is 9.89. The van der Waals surface area contributed by atoms with Gasteiger partial charge in [0.15, 0.2) is 0 Å². The van der Waals surface area contributed by atoms with Gasteiger partial charge in [-0.1, -0.05) is 37.5 Å². The SMILES string of the molecule is Cn1c(CN(CC2CCCCC2)C(=O)c2ccc3ncsc3c2)cc2ccccc21. The summed E-state index contributed by atoms with van der Waals surface area (Å²) in [4.78, 5) is 20.0. The van der Waals surface area contributed by atoms with E-state index in [1.165, 1.54) is 48.7 Å². The molecule has 154 valence electrons. The van der Waals surface area contributed by atoms with Crippen LogP contribution in [0.2, 0.25) is 0 Å². The van der Waals surface area contributed by atoms with E-state index in [4.69, 9.17) is 0 Å². The topological polar surface area (TPSA) is 38.1 Å². The van der Waals surface area contributed by atoms with Crippen molar-refractivity contribution in [2.45, 2.75) is 38.6 Å². The van der Waals surface area contributed by atoms with Gasteiger partial charge in [-0.05, 0) is 54.5 Å². The van der Waals surface area contributed by atoms with Gasteiger partial charge in [-0.25, -0.2) is 4.98 Å². The van der Waals surface area contributed by atoms with E-state index in [9.17, 15) is 4.79 Å². The van der Waals surface area contributed by atoms with Crippen molar-refractivity contribution in [2.75, 3.05) is 6.54 Å². The maximum atomic E-state index is 13.6. The average Bonchev–Trinajstić information content (AvgIpc) is 3.38. The number of aryl methyl sites for hydroxylation is 1. The number of rotatable bonds is 5. The Labute approximate surface area is 181 Å². The van der Waals surface area contributed by atoms with Crippen molar-refractivity contribution in [1.29, 1.82) is 0 Å². The first kappa shape index (κ1) is 19.3. The van der Waals surface area contributed by atoms with Crippen molar-refractivity contribution in [3.05, 3.63) is 65.3 Å². The van der Waals surface area contributed by atoms with Gasteiger partial charge in [0.25, 0.3) is 5.91 Å². The molecule has 1 saturated carbocycles. The van der Waals surface area contributed by atoms with Gasteiger partial charge in [0, 0.05) is 30.4 Å². The zero-order chi connectivity index (χ0) is 20.5. The number of benzene rings is 2. The Morgan fingerprint density at radius 1 is 1.13 bits per heavy atom. The van der Waals surface area contributed by atoms with Gasteiger partial charge >= 0.3 is 0 Å². The third kappa shape index (κ3) is 3.74. The van der Waals surface area contributed by atoms with E-state index in [0.29, 0.717) is 12.5 Å². The molecule has 1 fully saturated rings. The summed E-state index contributed by atoms with van der Waals surface area (Å²) in [6.45, 7) is 1.47. The number of nitrogens with zero attached hydrogens (tertiary/aromatic N) is 3. The molecule has 0 atom stereocenters. The number of carbonyl (C=O) groups is 1. The first-order chi connectivity index (χ1) is 14.7. The molecule has 2 aromatic heterocycles. The fourth-order valence-electron chi connectivity index (χ4n) is 4.76. The average molecular weight is 418 g/mol. The molecule has 0 spiro atoms.